The fourth-order valence-electron chi connectivity index (χ4n) is 3.27. The van der Waals surface area contributed by atoms with E-state index in [9.17, 15) is 22.4 Å². The molecule has 0 spiro atoms. The minimum atomic E-state index is -4.37. The van der Waals surface area contributed by atoms with E-state index in [4.69, 9.17) is 4.74 Å². The van der Waals surface area contributed by atoms with Crippen LogP contribution in [0.3, 0.4) is 0 Å². The lowest BCUT2D eigenvalue weighted by Crippen LogP contribution is -2.37. The van der Waals surface area contributed by atoms with Crippen molar-refractivity contribution in [1.82, 2.24) is 15.3 Å². The summed E-state index contributed by atoms with van der Waals surface area (Å²) in [6, 6.07) is 3.57. The summed E-state index contributed by atoms with van der Waals surface area (Å²) in [7, 11) is 0. The molecule has 3 rings (SSSR count). The average Bonchev–Trinajstić information content (AvgIpc) is 3.24. The van der Waals surface area contributed by atoms with E-state index in [-0.39, 0.29) is 11.6 Å². The zero-order valence-electron chi connectivity index (χ0n) is 19.9. The van der Waals surface area contributed by atoms with Crippen LogP contribution < -0.4 is 15.4 Å². The minimum absolute atomic E-state index is 0.215. The first-order valence-electron chi connectivity index (χ1n) is 11.1. The van der Waals surface area contributed by atoms with Crippen molar-refractivity contribution in [2.24, 2.45) is 0 Å². The van der Waals surface area contributed by atoms with E-state index in [0.29, 0.717) is 24.1 Å². The third-order valence-electron chi connectivity index (χ3n) is 4.70. The lowest BCUT2D eigenvalue weighted by atomic mass is 10.1. The first-order chi connectivity index (χ1) is 16.6. The molecule has 7 nitrogen and oxygen atoms in total. The third-order valence-corrected chi connectivity index (χ3v) is 5.14. The third kappa shape index (κ3) is 9.27. The number of rotatable bonds is 8. The van der Waals surface area contributed by atoms with Gasteiger partial charge >= 0.3 is 12.3 Å². The van der Waals surface area contributed by atoms with Crippen molar-refractivity contribution in [2.75, 3.05) is 16.3 Å². The molecule has 0 aliphatic heterocycles. The predicted molar refractivity (Wildman–Crippen MR) is 131 cm³/mol. The van der Waals surface area contributed by atoms with Crippen molar-refractivity contribution in [3.05, 3.63) is 48.0 Å². The molecule has 3 N–H and O–H groups in total. The van der Waals surface area contributed by atoms with Crippen LogP contribution in [0, 0.1) is 5.82 Å². The minimum Gasteiger partial charge on any atom is -0.442 e. The molecule has 0 radical (unpaired) electrons. The Morgan fingerprint density at radius 2 is 1.94 bits per heavy atom. The number of amides is 1. The molecule has 0 fully saturated rings. The zero-order valence-corrected chi connectivity index (χ0v) is 20.7. The number of hydrogen-bond acceptors (Lipinski definition) is 7. The largest absolute Gasteiger partial charge is 0.442 e. The molecule has 2 aromatic rings. The number of carbonyl (C=O) groups is 1. The van der Waals surface area contributed by atoms with E-state index in [0.717, 1.165) is 5.57 Å². The predicted octanol–water partition coefficient (Wildman–Crippen LogP) is 6.69. The van der Waals surface area contributed by atoms with Gasteiger partial charge in [0.15, 0.2) is 0 Å². The van der Waals surface area contributed by atoms with Gasteiger partial charge in [-0.15, -0.1) is 0 Å². The number of anilines is 3. The average molecular weight is 516 g/mol. The van der Waals surface area contributed by atoms with E-state index >= 15 is 0 Å². The fourth-order valence-corrected chi connectivity index (χ4v) is 3.63. The molecule has 2 atom stereocenters. The quantitative estimate of drug-likeness (QED) is 0.267. The van der Waals surface area contributed by atoms with Crippen LogP contribution in [0.5, 0.6) is 0 Å². The van der Waals surface area contributed by atoms with Crippen molar-refractivity contribution in [3.8, 4) is 0 Å². The van der Waals surface area contributed by atoms with Gasteiger partial charge in [-0.25, -0.2) is 19.2 Å². The van der Waals surface area contributed by atoms with Crippen LogP contribution in [-0.2, 0) is 4.74 Å². The van der Waals surface area contributed by atoms with Gasteiger partial charge in [0.1, 0.15) is 11.9 Å². The van der Waals surface area contributed by atoms with Gasteiger partial charge in [-0.2, -0.15) is 13.2 Å². The number of allylic oxidation sites excluding steroid dienone is 1. The summed E-state index contributed by atoms with van der Waals surface area (Å²) in [5.74, 6) is -0.240. The summed E-state index contributed by atoms with van der Waals surface area (Å²) in [6.45, 7) is 5.26. The summed E-state index contributed by atoms with van der Waals surface area (Å²) in [5.41, 5.74) is 2.42. The number of aromatic nitrogens is 2. The fraction of sp³-hybridized carbons (Fsp3) is 0.435. The summed E-state index contributed by atoms with van der Waals surface area (Å²) in [4.78, 5) is 20.2. The molecule has 1 aromatic heterocycles. The van der Waals surface area contributed by atoms with Gasteiger partial charge in [0.2, 0.25) is 5.95 Å². The Kier molecular flexibility index (Phi) is 10.6. The Bertz CT molecular complexity index is 1000. The summed E-state index contributed by atoms with van der Waals surface area (Å²) in [6.07, 6.45) is 0.821. The lowest BCUT2D eigenvalue weighted by Gasteiger charge is -2.17. The van der Waals surface area contributed by atoms with Gasteiger partial charge in [0.05, 0.1) is 12.1 Å². The van der Waals surface area contributed by atoms with E-state index in [1.807, 2.05) is 20.1 Å². The second-order valence-corrected chi connectivity index (χ2v) is 8.07. The molecule has 0 saturated heterocycles. The molecule has 0 bridgehead atoms. The van der Waals surface area contributed by atoms with Gasteiger partial charge in [-0.1, -0.05) is 25.8 Å². The Morgan fingerprint density at radius 3 is 2.54 bits per heavy atom. The highest BCUT2D eigenvalue weighted by Crippen LogP contribution is 2.30. The van der Waals surface area contributed by atoms with Crippen molar-refractivity contribution in [3.63, 3.8) is 0 Å². The smallest absolute Gasteiger partial charge is 0.407 e. The van der Waals surface area contributed by atoms with Crippen molar-refractivity contribution >= 4 is 40.9 Å². The SMILES string of the molecule is CC.CSNc1ccc(Nc2ncc(C3=CC(OC(=O)NC(C)CC(F)(F)F)CC3)cn2)c(F)c1. The van der Waals surface area contributed by atoms with E-state index in [1.54, 1.807) is 30.6 Å². The van der Waals surface area contributed by atoms with Gasteiger partial charge in [-0.3, -0.25) is 0 Å². The van der Waals surface area contributed by atoms with Crippen LogP contribution >= 0.6 is 11.9 Å². The number of hydrogen-bond donors (Lipinski definition) is 3. The number of nitrogens with one attached hydrogen (secondary N) is 3. The molecule has 0 saturated carbocycles. The Balaban J connectivity index is 0.00000210. The maximum absolute atomic E-state index is 14.2. The Hall–Kier alpha value is -3.02. The van der Waals surface area contributed by atoms with E-state index < -0.39 is 36.7 Å². The topological polar surface area (TPSA) is 88.2 Å². The summed E-state index contributed by atoms with van der Waals surface area (Å²) < 4.78 is 59.5. The van der Waals surface area contributed by atoms with Crippen LogP contribution in [0.4, 0.5) is 39.7 Å². The number of alkyl halides is 3. The molecular formula is C23H29F4N5O2S. The zero-order chi connectivity index (χ0) is 26.0. The van der Waals surface area contributed by atoms with Gasteiger partial charge in [0.25, 0.3) is 0 Å². The molecular weight excluding hydrogens is 486 g/mol. The normalized spacial score (nSPS) is 15.9. The van der Waals surface area contributed by atoms with Crippen LogP contribution in [0.25, 0.3) is 5.57 Å². The van der Waals surface area contributed by atoms with Crippen molar-refractivity contribution < 1.29 is 27.1 Å². The molecule has 1 heterocycles. The number of carbonyl (C=O) groups excluding carboxylic acids is 1. The van der Waals surface area contributed by atoms with E-state index in [2.05, 4.69) is 25.3 Å². The molecule has 1 aliphatic rings. The molecule has 1 aliphatic carbocycles. The molecule has 1 aromatic carbocycles. The Morgan fingerprint density at radius 1 is 1.26 bits per heavy atom. The summed E-state index contributed by atoms with van der Waals surface area (Å²) >= 11 is 1.36. The molecule has 12 heteroatoms. The first kappa shape index (κ1) is 28.2. The highest BCUT2D eigenvalue weighted by molar-refractivity contribution is 7.99. The summed E-state index contributed by atoms with van der Waals surface area (Å²) in [5, 5.41) is 5.00. The van der Waals surface area contributed by atoms with Gasteiger partial charge < -0.3 is 20.1 Å². The van der Waals surface area contributed by atoms with Gasteiger partial charge in [0, 0.05) is 35.9 Å². The number of halogens is 4. The number of alkyl carbamates (subject to hydrolysis) is 1. The monoisotopic (exact) mass is 515 g/mol. The molecule has 1 amide bonds. The Labute approximate surface area is 206 Å². The van der Waals surface area contributed by atoms with Crippen LogP contribution in [0.2, 0.25) is 0 Å². The second kappa shape index (κ2) is 13.2. The molecule has 192 valence electrons. The number of nitrogens with zero attached hydrogens (tertiary/aromatic N) is 2. The van der Waals surface area contributed by atoms with Crippen LogP contribution in [0.15, 0.2) is 36.7 Å². The van der Waals surface area contributed by atoms with E-state index in [1.165, 1.54) is 24.9 Å². The molecule has 35 heavy (non-hydrogen) atoms. The van der Waals surface area contributed by atoms with Crippen molar-refractivity contribution in [2.45, 2.75) is 58.4 Å². The highest BCUT2D eigenvalue weighted by atomic mass is 32.2. The van der Waals surface area contributed by atoms with Gasteiger partial charge in [-0.05, 0) is 49.6 Å². The number of ether oxygens (including phenoxy) is 1. The molecule has 2 unspecified atom stereocenters. The standard InChI is InChI=1S/C21H23F4N5O2S.C2H6/c1-12(9-21(23,24)25)28-20(31)32-16-5-3-13(7-16)14-10-26-19(27-11-14)29-18-6-4-15(30-33-2)8-17(18)22;1-2/h4,6-8,10-12,16,30H,3,5,9H2,1-2H3,(H,28,31)(H,26,27,29);1-2H3. The number of benzene rings is 1. The van der Waals surface area contributed by atoms with Crippen molar-refractivity contribution in [1.29, 1.82) is 0 Å². The van der Waals surface area contributed by atoms with Crippen LogP contribution in [0.1, 0.15) is 45.6 Å². The highest BCUT2D eigenvalue weighted by Gasteiger charge is 2.31. The lowest BCUT2D eigenvalue weighted by molar-refractivity contribution is -0.138. The van der Waals surface area contributed by atoms with Crippen LogP contribution in [-0.4, -0.2) is 40.6 Å². The maximum Gasteiger partial charge on any atom is 0.407 e. The second-order valence-electron chi connectivity index (χ2n) is 7.46. The maximum atomic E-state index is 14.2. The first-order valence-corrected chi connectivity index (χ1v) is 12.3.